The number of aryl methyl sites for hydroxylation is 1. The van der Waals surface area contributed by atoms with Gasteiger partial charge in [-0.1, -0.05) is 12.1 Å². The number of phenolic OH excluding ortho intramolecular Hbond substituents is 1. The lowest BCUT2D eigenvalue weighted by Crippen LogP contribution is -2.15. The largest absolute Gasteiger partial charge is 0.508 e. The van der Waals surface area contributed by atoms with Crippen LogP contribution in [0.25, 0.3) is 0 Å². The van der Waals surface area contributed by atoms with Crippen molar-refractivity contribution in [3.8, 4) is 17.2 Å². The van der Waals surface area contributed by atoms with E-state index in [1.54, 1.807) is 18.2 Å². The van der Waals surface area contributed by atoms with E-state index in [9.17, 15) is 9.90 Å². The fourth-order valence-electron chi connectivity index (χ4n) is 2.76. The molecule has 4 nitrogen and oxygen atoms in total. The Balaban J connectivity index is 1.81. The van der Waals surface area contributed by atoms with Crippen LogP contribution in [0.4, 0.5) is 0 Å². The van der Waals surface area contributed by atoms with Crippen LogP contribution in [0.1, 0.15) is 36.1 Å². The summed E-state index contributed by atoms with van der Waals surface area (Å²) in [5.41, 5.74) is 2.88. The second-order valence-electron chi connectivity index (χ2n) is 5.57. The fraction of sp³-hybridized carbons (Fsp3) is 0.278. The number of esters is 1. The van der Waals surface area contributed by atoms with Crippen LogP contribution in [0.15, 0.2) is 36.4 Å². The Morgan fingerprint density at radius 2 is 2.00 bits per heavy atom. The Hall–Kier alpha value is -2.49. The normalized spacial score (nSPS) is 16.5. The Morgan fingerprint density at radius 3 is 2.68 bits per heavy atom. The van der Waals surface area contributed by atoms with Gasteiger partial charge in [-0.15, -0.1) is 0 Å². The number of hydrogen-bond donors (Lipinski definition) is 1. The van der Waals surface area contributed by atoms with Gasteiger partial charge in [-0.05, 0) is 55.2 Å². The quantitative estimate of drug-likeness (QED) is 0.678. The first-order valence-electron chi connectivity index (χ1n) is 7.30. The standard InChI is InChI=1S/C18H18O4/c1-11-9-16(20)15-7-8-17(22-18(15)10-11)13-3-5-14(6-4-13)21-12(2)19/h3-6,9-10,17,20H,7-8H2,1-2H3. The van der Waals surface area contributed by atoms with Gasteiger partial charge in [-0.25, -0.2) is 0 Å². The lowest BCUT2D eigenvalue weighted by atomic mass is 9.96. The van der Waals surface area contributed by atoms with Crippen LogP contribution in [-0.4, -0.2) is 11.1 Å². The Bertz CT molecular complexity index is 704. The van der Waals surface area contributed by atoms with E-state index in [4.69, 9.17) is 9.47 Å². The van der Waals surface area contributed by atoms with E-state index in [2.05, 4.69) is 0 Å². The molecule has 0 amide bonds. The number of aromatic hydroxyl groups is 1. The van der Waals surface area contributed by atoms with Gasteiger partial charge in [0.05, 0.1) is 0 Å². The molecule has 114 valence electrons. The van der Waals surface area contributed by atoms with E-state index >= 15 is 0 Å². The van der Waals surface area contributed by atoms with Crippen molar-refractivity contribution < 1.29 is 19.4 Å². The number of ether oxygens (including phenoxy) is 2. The molecule has 0 saturated carbocycles. The lowest BCUT2D eigenvalue weighted by molar-refractivity contribution is -0.131. The second-order valence-corrected chi connectivity index (χ2v) is 5.57. The van der Waals surface area contributed by atoms with Gasteiger partial charge in [0.1, 0.15) is 23.4 Å². The molecule has 0 spiro atoms. The van der Waals surface area contributed by atoms with Gasteiger partial charge >= 0.3 is 5.97 Å². The summed E-state index contributed by atoms with van der Waals surface area (Å²) < 4.78 is 11.1. The fourth-order valence-corrected chi connectivity index (χ4v) is 2.76. The number of phenols is 1. The van der Waals surface area contributed by atoms with Crippen molar-refractivity contribution in [3.05, 3.63) is 53.1 Å². The van der Waals surface area contributed by atoms with Crippen LogP contribution in [0.5, 0.6) is 17.2 Å². The first-order valence-corrected chi connectivity index (χ1v) is 7.30. The number of benzene rings is 2. The molecule has 1 N–H and O–H groups in total. The van der Waals surface area contributed by atoms with Crippen LogP contribution < -0.4 is 9.47 Å². The first-order chi connectivity index (χ1) is 10.5. The third-order valence-electron chi connectivity index (χ3n) is 3.77. The average molecular weight is 298 g/mol. The highest BCUT2D eigenvalue weighted by molar-refractivity contribution is 5.69. The maximum atomic E-state index is 10.9. The van der Waals surface area contributed by atoms with Crippen LogP contribution >= 0.6 is 0 Å². The molecule has 2 aromatic rings. The van der Waals surface area contributed by atoms with Crippen molar-refractivity contribution >= 4 is 5.97 Å². The minimum atomic E-state index is -0.332. The van der Waals surface area contributed by atoms with Crippen LogP contribution in [-0.2, 0) is 11.2 Å². The Kier molecular flexibility index (Phi) is 3.75. The topological polar surface area (TPSA) is 55.8 Å². The smallest absolute Gasteiger partial charge is 0.308 e. The molecule has 1 aliphatic rings. The number of hydrogen-bond acceptors (Lipinski definition) is 4. The van der Waals surface area contributed by atoms with Gasteiger partial charge < -0.3 is 14.6 Å². The van der Waals surface area contributed by atoms with Crippen molar-refractivity contribution in [1.82, 2.24) is 0 Å². The number of fused-ring (bicyclic) bond motifs is 1. The van der Waals surface area contributed by atoms with Gasteiger partial charge in [0.15, 0.2) is 0 Å². The van der Waals surface area contributed by atoms with E-state index in [1.807, 2.05) is 25.1 Å². The van der Waals surface area contributed by atoms with Crippen molar-refractivity contribution in [3.63, 3.8) is 0 Å². The van der Waals surface area contributed by atoms with E-state index in [0.29, 0.717) is 11.5 Å². The van der Waals surface area contributed by atoms with Crippen molar-refractivity contribution in [2.45, 2.75) is 32.8 Å². The minimum Gasteiger partial charge on any atom is -0.508 e. The molecule has 0 bridgehead atoms. The molecule has 0 aromatic heterocycles. The van der Waals surface area contributed by atoms with Gasteiger partial charge in [0.2, 0.25) is 0 Å². The zero-order valence-electron chi connectivity index (χ0n) is 12.6. The molecule has 22 heavy (non-hydrogen) atoms. The summed E-state index contributed by atoms with van der Waals surface area (Å²) in [6.07, 6.45) is 1.52. The van der Waals surface area contributed by atoms with Gasteiger partial charge in [0, 0.05) is 12.5 Å². The van der Waals surface area contributed by atoms with Crippen molar-refractivity contribution in [2.24, 2.45) is 0 Å². The molecule has 1 unspecified atom stereocenters. The third kappa shape index (κ3) is 2.91. The van der Waals surface area contributed by atoms with Crippen molar-refractivity contribution in [1.29, 1.82) is 0 Å². The molecule has 4 heteroatoms. The summed E-state index contributed by atoms with van der Waals surface area (Å²) in [6, 6.07) is 11.1. The number of carbonyl (C=O) groups is 1. The summed E-state index contributed by atoms with van der Waals surface area (Å²) in [5, 5.41) is 9.99. The molecule has 0 saturated heterocycles. The summed E-state index contributed by atoms with van der Waals surface area (Å²) in [5.74, 6) is 1.25. The van der Waals surface area contributed by atoms with E-state index < -0.39 is 0 Å². The van der Waals surface area contributed by atoms with Crippen LogP contribution in [0.2, 0.25) is 0 Å². The molecular formula is C18H18O4. The molecule has 1 aliphatic heterocycles. The zero-order chi connectivity index (χ0) is 15.7. The summed E-state index contributed by atoms with van der Waals surface area (Å²) in [7, 11) is 0. The lowest BCUT2D eigenvalue weighted by Gasteiger charge is -2.27. The molecular weight excluding hydrogens is 280 g/mol. The maximum Gasteiger partial charge on any atom is 0.308 e. The van der Waals surface area contributed by atoms with Crippen LogP contribution in [0.3, 0.4) is 0 Å². The van der Waals surface area contributed by atoms with E-state index in [0.717, 1.165) is 35.3 Å². The number of rotatable bonds is 2. The highest BCUT2D eigenvalue weighted by Gasteiger charge is 2.23. The molecule has 1 atom stereocenters. The van der Waals surface area contributed by atoms with Gasteiger partial charge in [0.25, 0.3) is 0 Å². The molecule has 0 aliphatic carbocycles. The summed E-state index contributed by atoms with van der Waals surface area (Å²) in [6.45, 7) is 3.31. The second kappa shape index (κ2) is 5.72. The predicted octanol–water partition coefficient (Wildman–Crippen LogP) is 3.69. The van der Waals surface area contributed by atoms with Gasteiger partial charge in [-0.3, -0.25) is 4.79 Å². The zero-order valence-corrected chi connectivity index (χ0v) is 12.6. The Morgan fingerprint density at radius 1 is 1.27 bits per heavy atom. The molecule has 3 rings (SSSR count). The molecule has 0 fully saturated rings. The monoisotopic (exact) mass is 298 g/mol. The SMILES string of the molecule is CC(=O)Oc1ccc(C2CCc3c(O)cc(C)cc3O2)cc1. The summed E-state index contributed by atoms with van der Waals surface area (Å²) in [4.78, 5) is 10.9. The summed E-state index contributed by atoms with van der Waals surface area (Å²) >= 11 is 0. The highest BCUT2D eigenvalue weighted by Crippen LogP contribution is 2.40. The molecule has 1 heterocycles. The van der Waals surface area contributed by atoms with Gasteiger partial charge in [-0.2, -0.15) is 0 Å². The van der Waals surface area contributed by atoms with E-state index in [1.165, 1.54) is 6.92 Å². The van der Waals surface area contributed by atoms with Crippen molar-refractivity contribution in [2.75, 3.05) is 0 Å². The average Bonchev–Trinajstić information content (AvgIpc) is 2.46. The first kappa shape index (κ1) is 14.4. The molecule has 2 aromatic carbocycles. The predicted molar refractivity (Wildman–Crippen MR) is 82.3 cm³/mol. The molecule has 0 radical (unpaired) electrons. The highest BCUT2D eigenvalue weighted by atomic mass is 16.5. The van der Waals surface area contributed by atoms with E-state index in [-0.39, 0.29) is 12.1 Å². The Labute approximate surface area is 129 Å². The van der Waals surface area contributed by atoms with Crippen LogP contribution in [0, 0.1) is 6.92 Å². The third-order valence-corrected chi connectivity index (χ3v) is 3.77. The maximum absolute atomic E-state index is 10.9. The number of carbonyl (C=O) groups excluding carboxylic acids is 1. The minimum absolute atomic E-state index is 0.0555.